The lowest BCUT2D eigenvalue weighted by Crippen LogP contribution is -2.07. The van der Waals surface area contributed by atoms with Crippen LogP contribution in [0.2, 0.25) is 5.02 Å². The quantitative estimate of drug-likeness (QED) is 0.322. The van der Waals surface area contributed by atoms with Crippen molar-refractivity contribution in [3.05, 3.63) is 102 Å². The number of nitrogens with zero attached hydrogens (tertiary/aromatic N) is 3. The molecule has 3 aromatic carbocycles. The molecule has 8 heteroatoms. The number of aromatic nitrogens is 3. The van der Waals surface area contributed by atoms with Gasteiger partial charge in [-0.3, -0.25) is 4.79 Å². The lowest BCUT2D eigenvalue weighted by Gasteiger charge is -2.00. The number of benzene rings is 3. The van der Waals surface area contributed by atoms with E-state index in [0.717, 1.165) is 5.56 Å². The van der Waals surface area contributed by atoms with Crippen molar-refractivity contribution in [2.75, 3.05) is 5.32 Å². The molecule has 1 N–H and O–H groups in total. The van der Waals surface area contributed by atoms with Crippen LogP contribution in [0.15, 0.2) is 89.4 Å². The monoisotopic (exact) mass is 458 g/mol. The van der Waals surface area contributed by atoms with E-state index in [9.17, 15) is 9.18 Å². The second-order valence-corrected chi connectivity index (χ2v) is 7.64. The number of carbonyl (C=O) groups is 1. The van der Waals surface area contributed by atoms with Gasteiger partial charge in [-0.05, 0) is 84.9 Å². The van der Waals surface area contributed by atoms with Gasteiger partial charge >= 0.3 is 0 Å². The Balaban J connectivity index is 1.27. The summed E-state index contributed by atoms with van der Waals surface area (Å²) in [6, 6.07) is 22.0. The summed E-state index contributed by atoms with van der Waals surface area (Å²) >= 11 is 5.91. The van der Waals surface area contributed by atoms with Gasteiger partial charge in [-0.25, -0.2) is 4.39 Å². The number of rotatable bonds is 5. The van der Waals surface area contributed by atoms with E-state index in [4.69, 9.17) is 16.0 Å². The highest BCUT2D eigenvalue weighted by Gasteiger charge is 2.08. The highest BCUT2D eigenvalue weighted by molar-refractivity contribution is 6.30. The first-order valence-electron chi connectivity index (χ1n) is 10.0. The topological polar surface area (TPSA) is 73.0 Å². The molecule has 0 aliphatic heterocycles. The minimum Gasteiger partial charge on any atom is -0.457 e. The van der Waals surface area contributed by atoms with Crippen LogP contribution in [0.3, 0.4) is 0 Å². The van der Waals surface area contributed by atoms with Gasteiger partial charge in [-0.15, -0.1) is 10.2 Å². The Hall–Kier alpha value is -4.23. The molecular weight excluding hydrogens is 443 g/mol. The maximum atomic E-state index is 13.1. The lowest BCUT2D eigenvalue weighted by atomic mass is 10.2. The minimum absolute atomic E-state index is 0.315. The number of amides is 1. The number of hydrogen-bond acceptors (Lipinski definition) is 4. The van der Waals surface area contributed by atoms with Crippen molar-refractivity contribution < 1.29 is 13.6 Å². The average molecular weight is 459 g/mol. The van der Waals surface area contributed by atoms with E-state index in [-0.39, 0.29) is 11.7 Å². The van der Waals surface area contributed by atoms with Crippen LogP contribution < -0.4 is 5.32 Å². The molecule has 33 heavy (non-hydrogen) atoms. The largest absolute Gasteiger partial charge is 0.457 e. The van der Waals surface area contributed by atoms with E-state index in [1.54, 1.807) is 54.6 Å². The van der Waals surface area contributed by atoms with Crippen molar-refractivity contribution in [3.8, 4) is 17.0 Å². The molecule has 6 nitrogen and oxygen atoms in total. The third-order valence-corrected chi connectivity index (χ3v) is 5.11. The summed E-state index contributed by atoms with van der Waals surface area (Å²) in [6.45, 7) is 0. The molecule has 2 aromatic heterocycles. The van der Waals surface area contributed by atoms with Crippen LogP contribution in [0.25, 0.3) is 34.1 Å². The van der Waals surface area contributed by atoms with Gasteiger partial charge in [0, 0.05) is 22.3 Å². The molecule has 0 atom stereocenters. The standard InChI is InChI=1S/C25H16ClFN4O2/c26-17-3-1-16(2-4-17)24-13-10-21(33-24)11-14-25(32)28-19-7-12-22-23(15-19)30-31(29-22)20-8-5-18(27)6-9-20/h1-15H,(H,28,32)/b14-11+. The van der Waals surface area contributed by atoms with Gasteiger partial charge in [0.2, 0.25) is 5.91 Å². The summed E-state index contributed by atoms with van der Waals surface area (Å²) in [4.78, 5) is 13.8. The zero-order valence-electron chi connectivity index (χ0n) is 17.1. The van der Waals surface area contributed by atoms with Gasteiger partial charge in [-0.1, -0.05) is 11.6 Å². The van der Waals surface area contributed by atoms with Crippen LogP contribution in [0, 0.1) is 5.82 Å². The lowest BCUT2D eigenvalue weighted by molar-refractivity contribution is -0.111. The Bertz CT molecular complexity index is 1470. The zero-order valence-corrected chi connectivity index (χ0v) is 17.8. The number of carbonyl (C=O) groups excluding carboxylic acids is 1. The third kappa shape index (κ3) is 4.68. The van der Waals surface area contributed by atoms with Gasteiger partial charge in [0.15, 0.2) is 0 Å². The minimum atomic E-state index is -0.329. The number of furan rings is 1. The highest BCUT2D eigenvalue weighted by Crippen LogP contribution is 2.24. The first-order chi connectivity index (χ1) is 16.0. The number of fused-ring (bicyclic) bond motifs is 1. The summed E-state index contributed by atoms with van der Waals surface area (Å²) in [7, 11) is 0. The molecule has 162 valence electrons. The molecule has 0 saturated heterocycles. The fourth-order valence-electron chi connectivity index (χ4n) is 3.24. The smallest absolute Gasteiger partial charge is 0.248 e. The van der Waals surface area contributed by atoms with Crippen molar-refractivity contribution in [2.24, 2.45) is 0 Å². The van der Waals surface area contributed by atoms with E-state index in [0.29, 0.717) is 39.0 Å². The van der Waals surface area contributed by atoms with E-state index < -0.39 is 0 Å². The summed E-state index contributed by atoms with van der Waals surface area (Å²) in [5, 5.41) is 12.2. The van der Waals surface area contributed by atoms with E-state index in [1.165, 1.54) is 23.0 Å². The predicted octanol–water partition coefficient (Wildman–Crippen LogP) is 6.12. The van der Waals surface area contributed by atoms with Crippen LogP contribution in [0.4, 0.5) is 10.1 Å². The molecule has 0 bridgehead atoms. The highest BCUT2D eigenvalue weighted by atomic mass is 35.5. The van der Waals surface area contributed by atoms with Crippen molar-refractivity contribution in [3.63, 3.8) is 0 Å². The van der Waals surface area contributed by atoms with E-state index >= 15 is 0 Å². The normalized spacial score (nSPS) is 11.3. The Morgan fingerprint density at radius 3 is 2.48 bits per heavy atom. The first-order valence-corrected chi connectivity index (χ1v) is 10.4. The maximum absolute atomic E-state index is 13.1. The Labute approximate surface area is 192 Å². The summed E-state index contributed by atoms with van der Waals surface area (Å²) in [6.07, 6.45) is 2.99. The SMILES string of the molecule is O=C(/C=C/c1ccc(-c2ccc(Cl)cc2)o1)Nc1ccc2nn(-c3ccc(F)cc3)nc2c1. The Kier molecular flexibility index (Phi) is 5.46. The number of halogens is 2. The summed E-state index contributed by atoms with van der Waals surface area (Å²) < 4.78 is 18.9. The predicted molar refractivity (Wildman–Crippen MR) is 126 cm³/mol. The van der Waals surface area contributed by atoms with Gasteiger partial charge in [-0.2, -0.15) is 4.80 Å². The number of hydrogen-bond donors (Lipinski definition) is 1. The molecule has 0 unspecified atom stereocenters. The van der Waals surface area contributed by atoms with Crippen molar-refractivity contribution in [1.29, 1.82) is 0 Å². The fraction of sp³-hybridized carbons (Fsp3) is 0. The molecule has 2 heterocycles. The molecule has 0 spiro atoms. The van der Waals surface area contributed by atoms with E-state index in [1.807, 2.05) is 18.2 Å². The van der Waals surface area contributed by atoms with Gasteiger partial charge in [0.05, 0.1) is 5.69 Å². The maximum Gasteiger partial charge on any atom is 0.248 e. The molecule has 5 aromatic rings. The van der Waals surface area contributed by atoms with Gasteiger partial charge < -0.3 is 9.73 Å². The van der Waals surface area contributed by atoms with Crippen molar-refractivity contribution >= 4 is 40.3 Å². The molecule has 0 fully saturated rings. The van der Waals surface area contributed by atoms with Crippen LogP contribution in [-0.2, 0) is 4.79 Å². The van der Waals surface area contributed by atoms with Gasteiger partial charge in [0.25, 0.3) is 0 Å². The molecule has 0 aliphatic carbocycles. The molecule has 0 saturated carbocycles. The van der Waals surface area contributed by atoms with Gasteiger partial charge in [0.1, 0.15) is 28.4 Å². The zero-order chi connectivity index (χ0) is 22.8. The van der Waals surface area contributed by atoms with Crippen LogP contribution in [-0.4, -0.2) is 20.9 Å². The molecule has 0 aliphatic rings. The van der Waals surface area contributed by atoms with Crippen LogP contribution in [0.1, 0.15) is 5.76 Å². The van der Waals surface area contributed by atoms with Crippen LogP contribution in [0.5, 0.6) is 0 Å². The summed E-state index contributed by atoms with van der Waals surface area (Å²) in [5.74, 6) is 0.586. The van der Waals surface area contributed by atoms with E-state index in [2.05, 4.69) is 15.5 Å². The second kappa shape index (κ2) is 8.72. The summed E-state index contributed by atoms with van der Waals surface area (Å²) in [5.41, 5.74) is 3.35. The average Bonchev–Trinajstić information content (AvgIpc) is 3.46. The molecule has 1 amide bonds. The number of nitrogens with one attached hydrogen (secondary N) is 1. The van der Waals surface area contributed by atoms with Crippen LogP contribution >= 0.6 is 11.6 Å². The molecular formula is C25H16ClFN4O2. The van der Waals surface area contributed by atoms with Crippen molar-refractivity contribution in [1.82, 2.24) is 15.0 Å². The first kappa shape index (κ1) is 20.7. The third-order valence-electron chi connectivity index (χ3n) is 4.86. The Morgan fingerprint density at radius 2 is 1.70 bits per heavy atom. The fourth-order valence-corrected chi connectivity index (χ4v) is 3.36. The molecule has 5 rings (SSSR count). The number of anilines is 1. The second-order valence-electron chi connectivity index (χ2n) is 7.20. The molecule has 0 radical (unpaired) electrons. The van der Waals surface area contributed by atoms with Crippen molar-refractivity contribution in [2.45, 2.75) is 0 Å². The Morgan fingerprint density at radius 1 is 0.939 bits per heavy atom.